The Balaban J connectivity index is 1.56. The number of allylic oxidation sites excluding steroid dienone is 1. The van der Waals surface area contributed by atoms with Crippen molar-refractivity contribution in [2.24, 2.45) is 11.8 Å². The molecule has 0 N–H and O–H groups in total. The van der Waals surface area contributed by atoms with Crippen LogP contribution >= 0.6 is 0 Å². The van der Waals surface area contributed by atoms with E-state index in [1.165, 1.54) is 37.8 Å². The second-order valence-electron chi connectivity index (χ2n) is 8.45. The predicted octanol–water partition coefficient (Wildman–Crippen LogP) is 7.33. The van der Waals surface area contributed by atoms with Crippen molar-refractivity contribution >= 4 is 16.8 Å². The maximum absolute atomic E-state index is 14.6. The Morgan fingerprint density at radius 2 is 1.70 bits per heavy atom. The molecule has 170 valence electrons. The van der Waals surface area contributed by atoms with Crippen molar-refractivity contribution in [3.8, 4) is 23.2 Å². The van der Waals surface area contributed by atoms with Gasteiger partial charge in [0, 0.05) is 34.8 Å². The molecular weight excluding hydrogens is 435 g/mol. The van der Waals surface area contributed by atoms with E-state index >= 15 is 0 Å². The molecule has 0 unspecified atom stereocenters. The van der Waals surface area contributed by atoms with Crippen molar-refractivity contribution in [3.63, 3.8) is 0 Å². The molecule has 1 aliphatic rings. The third-order valence-electron chi connectivity index (χ3n) is 5.91. The van der Waals surface area contributed by atoms with Crippen LogP contribution in [0.3, 0.4) is 0 Å². The smallest absolute Gasteiger partial charge is 0.236 e. The number of rotatable bonds is 3. The zero-order valence-electron chi connectivity index (χ0n) is 17.9. The highest BCUT2D eigenvalue weighted by Crippen LogP contribution is 2.30. The summed E-state index contributed by atoms with van der Waals surface area (Å²) in [5.74, 6) is 1.90. The number of fused-ring (bicyclic) bond motifs is 1. The molecule has 4 rings (SSSR count). The monoisotopic (exact) mass is 456 g/mol. The van der Waals surface area contributed by atoms with Crippen LogP contribution < -0.4 is 0 Å². The summed E-state index contributed by atoms with van der Waals surface area (Å²) < 4.78 is 65.8. The highest BCUT2D eigenvalue weighted by molar-refractivity contribution is 5.88. The summed E-state index contributed by atoms with van der Waals surface area (Å²) in [5, 5.41) is 0.145. The second kappa shape index (κ2) is 9.30. The lowest BCUT2D eigenvalue weighted by molar-refractivity contribution is -0.0696. The minimum absolute atomic E-state index is 0.0343. The molecule has 1 saturated carbocycles. The molecule has 0 bridgehead atoms. The zero-order valence-corrected chi connectivity index (χ0v) is 17.9. The van der Waals surface area contributed by atoms with Gasteiger partial charge in [-0.25, -0.2) is 18.7 Å². The fourth-order valence-corrected chi connectivity index (χ4v) is 4.02. The standard InChI is InChI=1S/C26H21F5N2/c1-16-2-4-17(5-3-16)6-7-18-14-32-25(33-15-18)19-8-9-21-20(12-19)13-23(27)22(24(21)28)10-11-26(29,30)31/h6-9,12-17H,2-5H2,1H3/b7-6+. The highest BCUT2D eigenvalue weighted by atomic mass is 19.4. The number of aromatic nitrogens is 2. The van der Waals surface area contributed by atoms with Gasteiger partial charge in [0.15, 0.2) is 5.82 Å². The Kier molecular flexibility index (Phi) is 6.46. The fourth-order valence-electron chi connectivity index (χ4n) is 4.02. The van der Waals surface area contributed by atoms with Crippen LogP contribution in [0.2, 0.25) is 0 Å². The molecule has 0 amide bonds. The molecule has 0 saturated heterocycles. The number of nitrogens with zero attached hydrogens (tertiary/aromatic N) is 2. The Morgan fingerprint density at radius 1 is 1.00 bits per heavy atom. The summed E-state index contributed by atoms with van der Waals surface area (Å²) in [6.45, 7) is 2.28. The molecule has 2 nitrogen and oxygen atoms in total. The summed E-state index contributed by atoms with van der Waals surface area (Å²) in [6.07, 6.45) is 7.59. The van der Waals surface area contributed by atoms with Gasteiger partial charge in [0.1, 0.15) is 11.6 Å². The van der Waals surface area contributed by atoms with E-state index in [4.69, 9.17) is 0 Å². The van der Waals surface area contributed by atoms with Crippen LogP contribution in [0.5, 0.6) is 0 Å². The first-order chi connectivity index (χ1) is 15.7. The van der Waals surface area contributed by atoms with Crippen molar-refractivity contribution in [1.82, 2.24) is 9.97 Å². The van der Waals surface area contributed by atoms with Crippen LogP contribution in [0.4, 0.5) is 22.0 Å². The van der Waals surface area contributed by atoms with Gasteiger partial charge in [0.2, 0.25) is 0 Å². The van der Waals surface area contributed by atoms with Gasteiger partial charge in [-0.1, -0.05) is 50.0 Å². The van der Waals surface area contributed by atoms with Crippen LogP contribution in [0.15, 0.2) is 42.7 Å². The molecule has 0 radical (unpaired) electrons. The van der Waals surface area contributed by atoms with Crippen molar-refractivity contribution in [3.05, 3.63) is 65.5 Å². The van der Waals surface area contributed by atoms with Gasteiger partial charge >= 0.3 is 6.18 Å². The topological polar surface area (TPSA) is 25.8 Å². The lowest BCUT2D eigenvalue weighted by atomic mass is 9.83. The van der Waals surface area contributed by atoms with Crippen LogP contribution in [0.1, 0.15) is 43.7 Å². The molecular formula is C26H21F5N2. The largest absolute Gasteiger partial charge is 0.458 e. The number of hydrogen-bond donors (Lipinski definition) is 0. The summed E-state index contributed by atoms with van der Waals surface area (Å²) in [4.78, 5) is 8.71. The quantitative estimate of drug-likeness (QED) is 0.305. The van der Waals surface area contributed by atoms with Gasteiger partial charge < -0.3 is 0 Å². The van der Waals surface area contributed by atoms with Gasteiger partial charge in [-0.2, -0.15) is 13.2 Å². The molecule has 0 spiro atoms. The normalized spacial score (nSPS) is 19.0. The van der Waals surface area contributed by atoms with Crippen LogP contribution in [-0.4, -0.2) is 16.1 Å². The summed E-state index contributed by atoms with van der Waals surface area (Å²) in [5.41, 5.74) is 0.489. The third kappa shape index (κ3) is 5.57. The maximum Gasteiger partial charge on any atom is 0.458 e. The van der Waals surface area contributed by atoms with Gasteiger partial charge in [0.25, 0.3) is 0 Å². The lowest BCUT2D eigenvalue weighted by Crippen LogP contribution is -2.09. The summed E-state index contributed by atoms with van der Waals surface area (Å²) in [7, 11) is 0. The van der Waals surface area contributed by atoms with E-state index < -0.39 is 23.4 Å². The molecule has 1 aliphatic carbocycles. The van der Waals surface area contributed by atoms with Crippen LogP contribution in [0, 0.1) is 35.3 Å². The first-order valence-electron chi connectivity index (χ1n) is 10.7. The summed E-state index contributed by atoms with van der Waals surface area (Å²) >= 11 is 0. The Bertz CT molecular complexity index is 1240. The number of halogens is 5. The lowest BCUT2D eigenvalue weighted by Gasteiger charge is -2.23. The van der Waals surface area contributed by atoms with Crippen molar-refractivity contribution in [2.75, 3.05) is 0 Å². The molecule has 1 heterocycles. The van der Waals surface area contributed by atoms with Crippen molar-refractivity contribution in [2.45, 2.75) is 38.8 Å². The third-order valence-corrected chi connectivity index (χ3v) is 5.91. The van der Waals surface area contributed by atoms with Crippen LogP contribution in [-0.2, 0) is 0 Å². The SMILES string of the molecule is CC1CCC(/C=C/c2cnc(-c3ccc4c(F)c(C#CC(F)(F)F)c(F)cc4c3)nc2)CC1. The number of benzene rings is 2. The van der Waals surface area contributed by atoms with Gasteiger partial charge in [-0.3, -0.25) is 0 Å². The Labute approximate surface area is 188 Å². The van der Waals surface area contributed by atoms with E-state index in [0.29, 0.717) is 17.3 Å². The predicted molar refractivity (Wildman–Crippen MR) is 118 cm³/mol. The zero-order chi connectivity index (χ0) is 23.6. The van der Waals surface area contributed by atoms with Gasteiger partial charge in [-0.05, 0) is 42.2 Å². The minimum Gasteiger partial charge on any atom is -0.236 e. The molecule has 7 heteroatoms. The van der Waals surface area contributed by atoms with E-state index in [1.54, 1.807) is 24.4 Å². The first-order valence-corrected chi connectivity index (χ1v) is 10.7. The van der Waals surface area contributed by atoms with E-state index in [9.17, 15) is 22.0 Å². The second-order valence-corrected chi connectivity index (χ2v) is 8.45. The van der Waals surface area contributed by atoms with E-state index in [2.05, 4.69) is 23.0 Å². The number of alkyl halides is 3. The van der Waals surface area contributed by atoms with Crippen molar-refractivity contribution in [1.29, 1.82) is 0 Å². The van der Waals surface area contributed by atoms with Gasteiger partial charge in [-0.15, -0.1) is 0 Å². The molecule has 0 aliphatic heterocycles. The van der Waals surface area contributed by atoms with Gasteiger partial charge in [0.05, 0.1) is 5.56 Å². The van der Waals surface area contributed by atoms with Crippen LogP contribution in [0.25, 0.3) is 28.2 Å². The fraction of sp³-hybridized carbons (Fsp3) is 0.308. The first kappa shape index (κ1) is 22.9. The molecule has 33 heavy (non-hydrogen) atoms. The molecule has 1 fully saturated rings. The molecule has 3 aromatic rings. The highest BCUT2D eigenvalue weighted by Gasteiger charge is 2.24. The van der Waals surface area contributed by atoms with E-state index in [-0.39, 0.29) is 10.8 Å². The maximum atomic E-state index is 14.6. The molecule has 2 aromatic carbocycles. The Morgan fingerprint density at radius 3 is 2.36 bits per heavy atom. The minimum atomic E-state index is -4.84. The number of hydrogen-bond acceptors (Lipinski definition) is 2. The van der Waals surface area contributed by atoms with E-state index in [1.807, 2.05) is 6.08 Å². The Hall–Kier alpha value is -3.27. The molecule has 1 aromatic heterocycles. The average molecular weight is 456 g/mol. The average Bonchev–Trinajstić information content (AvgIpc) is 2.78. The van der Waals surface area contributed by atoms with Crippen molar-refractivity contribution < 1.29 is 22.0 Å². The molecule has 0 atom stereocenters. The van der Waals surface area contributed by atoms with E-state index in [0.717, 1.165) is 23.5 Å². The summed E-state index contributed by atoms with van der Waals surface area (Å²) in [6, 6.07) is 5.36.